The zero-order valence-corrected chi connectivity index (χ0v) is 9.45. The SMILES string of the molecule is CC(C)CCNC(=O)Nc1ccnn1C. The Morgan fingerprint density at radius 3 is 2.87 bits per heavy atom. The maximum atomic E-state index is 11.4. The lowest BCUT2D eigenvalue weighted by molar-refractivity contribution is 0.251. The second kappa shape index (κ2) is 5.38. The molecule has 5 heteroatoms. The first kappa shape index (κ1) is 11.6. The predicted molar refractivity (Wildman–Crippen MR) is 59.7 cm³/mol. The van der Waals surface area contributed by atoms with Crippen LogP contribution in [0.4, 0.5) is 10.6 Å². The van der Waals surface area contributed by atoms with E-state index in [-0.39, 0.29) is 6.03 Å². The molecule has 0 spiro atoms. The number of aryl methyl sites for hydroxylation is 1. The van der Waals surface area contributed by atoms with E-state index in [0.717, 1.165) is 6.42 Å². The number of aromatic nitrogens is 2. The molecule has 0 aromatic carbocycles. The van der Waals surface area contributed by atoms with E-state index in [1.54, 1.807) is 24.0 Å². The Labute approximate surface area is 89.9 Å². The number of urea groups is 1. The van der Waals surface area contributed by atoms with Crippen LogP contribution in [-0.2, 0) is 7.05 Å². The highest BCUT2D eigenvalue weighted by molar-refractivity contribution is 5.88. The van der Waals surface area contributed by atoms with Crippen molar-refractivity contribution in [1.82, 2.24) is 15.1 Å². The fourth-order valence-electron chi connectivity index (χ4n) is 1.13. The van der Waals surface area contributed by atoms with Gasteiger partial charge in [0.05, 0.1) is 6.20 Å². The van der Waals surface area contributed by atoms with Crippen molar-refractivity contribution in [3.05, 3.63) is 12.3 Å². The van der Waals surface area contributed by atoms with Gasteiger partial charge in [-0.25, -0.2) is 4.79 Å². The van der Waals surface area contributed by atoms with Crippen molar-refractivity contribution in [1.29, 1.82) is 0 Å². The van der Waals surface area contributed by atoms with Crippen LogP contribution in [0, 0.1) is 5.92 Å². The standard InChI is InChI=1S/C10H18N4O/c1-8(2)4-6-11-10(15)13-9-5-7-12-14(9)3/h5,7-8H,4,6H2,1-3H3,(H2,11,13,15). The van der Waals surface area contributed by atoms with Crippen molar-refractivity contribution < 1.29 is 4.79 Å². The molecule has 0 aliphatic carbocycles. The van der Waals surface area contributed by atoms with Gasteiger partial charge < -0.3 is 5.32 Å². The fourth-order valence-corrected chi connectivity index (χ4v) is 1.13. The van der Waals surface area contributed by atoms with E-state index in [1.807, 2.05) is 0 Å². The molecule has 1 heterocycles. The number of hydrogen-bond acceptors (Lipinski definition) is 2. The number of amides is 2. The van der Waals surface area contributed by atoms with Crippen LogP contribution in [0.15, 0.2) is 12.3 Å². The molecule has 0 bridgehead atoms. The quantitative estimate of drug-likeness (QED) is 0.792. The molecule has 0 aliphatic heterocycles. The van der Waals surface area contributed by atoms with Crippen LogP contribution in [0.25, 0.3) is 0 Å². The number of hydrogen-bond donors (Lipinski definition) is 2. The zero-order valence-electron chi connectivity index (χ0n) is 9.45. The minimum atomic E-state index is -0.181. The predicted octanol–water partition coefficient (Wildman–Crippen LogP) is 1.59. The highest BCUT2D eigenvalue weighted by Gasteiger charge is 2.03. The van der Waals surface area contributed by atoms with Crippen molar-refractivity contribution in [3.63, 3.8) is 0 Å². The normalized spacial score (nSPS) is 10.4. The summed E-state index contributed by atoms with van der Waals surface area (Å²) in [4.78, 5) is 11.4. The summed E-state index contributed by atoms with van der Waals surface area (Å²) in [6.07, 6.45) is 2.63. The van der Waals surface area contributed by atoms with Crippen molar-refractivity contribution in [2.45, 2.75) is 20.3 Å². The lowest BCUT2D eigenvalue weighted by Crippen LogP contribution is -2.30. The monoisotopic (exact) mass is 210 g/mol. The van der Waals surface area contributed by atoms with Gasteiger partial charge in [0.1, 0.15) is 5.82 Å². The third kappa shape index (κ3) is 4.01. The average molecular weight is 210 g/mol. The molecule has 1 aromatic heterocycles. The molecule has 0 fully saturated rings. The average Bonchev–Trinajstić information content (AvgIpc) is 2.51. The summed E-state index contributed by atoms with van der Waals surface area (Å²) >= 11 is 0. The number of carbonyl (C=O) groups is 1. The van der Waals surface area contributed by atoms with Crippen LogP contribution in [0.2, 0.25) is 0 Å². The molecule has 1 aromatic rings. The smallest absolute Gasteiger partial charge is 0.320 e. The summed E-state index contributed by atoms with van der Waals surface area (Å²) < 4.78 is 1.61. The van der Waals surface area contributed by atoms with Crippen LogP contribution in [0.1, 0.15) is 20.3 Å². The minimum absolute atomic E-state index is 0.181. The van der Waals surface area contributed by atoms with E-state index >= 15 is 0 Å². The summed E-state index contributed by atoms with van der Waals surface area (Å²) in [5.74, 6) is 1.29. The Kier molecular flexibility index (Phi) is 4.15. The van der Waals surface area contributed by atoms with Gasteiger partial charge in [-0.3, -0.25) is 10.00 Å². The number of anilines is 1. The second-order valence-electron chi connectivity index (χ2n) is 3.90. The maximum Gasteiger partial charge on any atom is 0.320 e. The molecule has 0 aliphatic rings. The number of nitrogens with zero attached hydrogens (tertiary/aromatic N) is 2. The number of rotatable bonds is 4. The lowest BCUT2D eigenvalue weighted by atomic mass is 10.1. The summed E-state index contributed by atoms with van der Waals surface area (Å²) in [5, 5.41) is 9.46. The second-order valence-corrected chi connectivity index (χ2v) is 3.90. The first-order valence-corrected chi connectivity index (χ1v) is 5.12. The summed E-state index contributed by atoms with van der Waals surface area (Å²) in [5.41, 5.74) is 0. The maximum absolute atomic E-state index is 11.4. The van der Waals surface area contributed by atoms with Crippen LogP contribution in [0.3, 0.4) is 0 Å². The lowest BCUT2D eigenvalue weighted by Gasteiger charge is -2.08. The van der Waals surface area contributed by atoms with Crippen molar-refractivity contribution in [3.8, 4) is 0 Å². The van der Waals surface area contributed by atoms with Crippen molar-refractivity contribution in [2.75, 3.05) is 11.9 Å². The van der Waals surface area contributed by atoms with Crippen LogP contribution >= 0.6 is 0 Å². The topological polar surface area (TPSA) is 59.0 Å². The summed E-state index contributed by atoms with van der Waals surface area (Å²) in [6, 6.07) is 1.57. The molecular weight excluding hydrogens is 192 g/mol. The Morgan fingerprint density at radius 1 is 1.60 bits per heavy atom. The van der Waals surface area contributed by atoms with E-state index in [2.05, 4.69) is 29.6 Å². The van der Waals surface area contributed by atoms with Gasteiger partial charge in [0, 0.05) is 19.7 Å². The van der Waals surface area contributed by atoms with E-state index < -0.39 is 0 Å². The highest BCUT2D eigenvalue weighted by Crippen LogP contribution is 2.02. The van der Waals surface area contributed by atoms with Gasteiger partial charge in [-0.15, -0.1) is 0 Å². The van der Waals surface area contributed by atoms with Crippen molar-refractivity contribution >= 4 is 11.8 Å². The molecule has 1 rings (SSSR count). The number of carbonyl (C=O) groups excluding carboxylic acids is 1. The van der Waals surface area contributed by atoms with E-state index in [4.69, 9.17) is 0 Å². The molecule has 0 radical (unpaired) electrons. The van der Waals surface area contributed by atoms with Gasteiger partial charge in [0.25, 0.3) is 0 Å². The van der Waals surface area contributed by atoms with E-state index in [9.17, 15) is 4.79 Å². The van der Waals surface area contributed by atoms with E-state index in [0.29, 0.717) is 18.3 Å². The molecule has 84 valence electrons. The van der Waals surface area contributed by atoms with Gasteiger partial charge in [-0.05, 0) is 12.3 Å². The Bertz CT molecular complexity index is 319. The van der Waals surface area contributed by atoms with Crippen LogP contribution in [0.5, 0.6) is 0 Å². The Hall–Kier alpha value is -1.52. The zero-order chi connectivity index (χ0) is 11.3. The first-order chi connectivity index (χ1) is 7.09. The first-order valence-electron chi connectivity index (χ1n) is 5.12. The highest BCUT2D eigenvalue weighted by atomic mass is 16.2. The molecule has 0 saturated heterocycles. The van der Waals surface area contributed by atoms with Gasteiger partial charge in [0.15, 0.2) is 0 Å². The molecule has 2 amide bonds. The molecule has 2 N–H and O–H groups in total. The van der Waals surface area contributed by atoms with Crippen LogP contribution < -0.4 is 10.6 Å². The van der Waals surface area contributed by atoms with Gasteiger partial charge in [-0.2, -0.15) is 5.10 Å². The molecule has 15 heavy (non-hydrogen) atoms. The van der Waals surface area contributed by atoms with Crippen LogP contribution in [-0.4, -0.2) is 22.4 Å². The third-order valence-electron chi connectivity index (χ3n) is 2.07. The molecule has 0 unspecified atom stereocenters. The summed E-state index contributed by atoms with van der Waals surface area (Å²) in [7, 11) is 1.78. The number of nitrogens with one attached hydrogen (secondary N) is 2. The largest absolute Gasteiger partial charge is 0.338 e. The third-order valence-corrected chi connectivity index (χ3v) is 2.07. The molecule has 0 atom stereocenters. The van der Waals surface area contributed by atoms with Gasteiger partial charge in [-0.1, -0.05) is 13.8 Å². The fraction of sp³-hybridized carbons (Fsp3) is 0.600. The summed E-state index contributed by atoms with van der Waals surface area (Å²) in [6.45, 7) is 4.95. The van der Waals surface area contributed by atoms with Gasteiger partial charge in [0.2, 0.25) is 0 Å². The Morgan fingerprint density at radius 2 is 2.33 bits per heavy atom. The Balaban J connectivity index is 2.28. The molecular formula is C10H18N4O. The minimum Gasteiger partial charge on any atom is -0.338 e. The van der Waals surface area contributed by atoms with Gasteiger partial charge >= 0.3 is 6.03 Å². The van der Waals surface area contributed by atoms with Crippen molar-refractivity contribution in [2.24, 2.45) is 13.0 Å². The van der Waals surface area contributed by atoms with E-state index in [1.165, 1.54) is 0 Å². The molecule has 0 saturated carbocycles. The molecule has 5 nitrogen and oxygen atoms in total.